The normalized spacial score (nSPS) is 16.6. The summed E-state index contributed by atoms with van der Waals surface area (Å²) in [6.07, 6.45) is -0.488. The van der Waals surface area contributed by atoms with Gasteiger partial charge in [0.15, 0.2) is 0 Å². The Bertz CT molecular complexity index is 127. The number of thiol groups is 1. The zero-order chi connectivity index (χ0) is 9.78. The average molecular weight is 217 g/mol. The topological polar surface area (TPSA) is 73.2 Å². The molecule has 76 valence electrons. The van der Waals surface area contributed by atoms with Gasteiger partial charge in [0, 0.05) is 6.54 Å². The summed E-state index contributed by atoms with van der Waals surface area (Å²) >= 11 is 3.56. The molecule has 0 spiro atoms. The standard InChI is InChI=1S/C5H15NO4S2/c1-6(2)3-5(10-11)4-12(7,8)9/h5,7-9,11H,3-4H2,1-2H3. The van der Waals surface area contributed by atoms with Gasteiger partial charge in [-0.05, 0) is 27.0 Å². The van der Waals surface area contributed by atoms with Crippen molar-refractivity contribution in [3.8, 4) is 0 Å². The summed E-state index contributed by atoms with van der Waals surface area (Å²) in [5.41, 5.74) is 0. The molecule has 0 bridgehead atoms. The van der Waals surface area contributed by atoms with E-state index < -0.39 is 17.0 Å². The quantitative estimate of drug-likeness (QED) is 0.408. The van der Waals surface area contributed by atoms with E-state index in [9.17, 15) is 0 Å². The van der Waals surface area contributed by atoms with Crippen LogP contribution >= 0.6 is 23.8 Å². The van der Waals surface area contributed by atoms with Crippen LogP contribution < -0.4 is 0 Å². The molecule has 0 aliphatic heterocycles. The zero-order valence-corrected chi connectivity index (χ0v) is 8.76. The summed E-state index contributed by atoms with van der Waals surface area (Å²) in [6.45, 7) is 0.472. The summed E-state index contributed by atoms with van der Waals surface area (Å²) in [4.78, 5) is 1.80. The lowest BCUT2D eigenvalue weighted by molar-refractivity contribution is 0.204. The first-order valence-corrected chi connectivity index (χ1v) is 5.32. The van der Waals surface area contributed by atoms with E-state index in [4.69, 9.17) is 13.7 Å². The maximum absolute atomic E-state index is 8.69. The lowest BCUT2D eigenvalue weighted by Crippen LogP contribution is -2.31. The molecule has 0 aliphatic rings. The Morgan fingerprint density at radius 1 is 1.42 bits per heavy atom. The molecule has 3 N–H and O–H groups in total. The number of likely N-dealkylation sites (N-methyl/N-ethyl adjacent to an activating group) is 1. The van der Waals surface area contributed by atoms with Gasteiger partial charge in [0.05, 0.1) is 22.7 Å². The van der Waals surface area contributed by atoms with Gasteiger partial charge in [-0.3, -0.25) is 0 Å². The highest BCUT2D eigenvalue weighted by Crippen LogP contribution is 2.33. The molecule has 5 nitrogen and oxygen atoms in total. The summed E-state index contributed by atoms with van der Waals surface area (Å²) in [7, 11) is 0.135. The fourth-order valence-electron chi connectivity index (χ4n) is 0.773. The van der Waals surface area contributed by atoms with Crippen LogP contribution in [0.25, 0.3) is 0 Å². The van der Waals surface area contributed by atoms with E-state index in [1.165, 1.54) is 0 Å². The molecule has 7 heteroatoms. The van der Waals surface area contributed by atoms with E-state index in [1.54, 1.807) is 4.90 Å². The van der Waals surface area contributed by atoms with Crippen LogP contribution in [0, 0.1) is 0 Å². The lowest BCUT2D eigenvalue weighted by Gasteiger charge is -2.25. The third-order valence-corrected chi connectivity index (χ3v) is 2.24. The van der Waals surface area contributed by atoms with Crippen LogP contribution in [-0.4, -0.2) is 51.1 Å². The van der Waals surface area contributed by atoms with Gasteiger partial charge in [0.1, 0.15) is 0 Å². The molecular weight excluding hydrogens is 202 g/mol. The maximum atomic E-state index is 8.69. The monoisotopic (exact) mass is 217 g/mol. The van der Waals surface area contributed by atoms with Crippen molar-refractivity contribution in [3.63, 3.8) is 0 Å². The summed E-state index contributed by atoms with van der Waals surface area (Å²) in [5.74, 6) is -0.214. The molecule has 12 heavy (non-hydrogen) atoms. The summed E-state index contributed by atoms with van der Waals surface area (Å²) in [6, 6.07) is 0. The molecule has 0 aromatic rings. The van der Waals surface area contributed by atoms with Gasteiger partial charge in [-0.25, -0.2) is 0 Å². The second-order valence-corrected chi connectivity index (χ2v) is 4.60. The molecule has 0 heterocycles. The van der Waals surface area contributed by atoms with Crippen LogP contribution in [0.2, 0.25) is 0 Å². The van der Waals surface area contributed by atoms with Crippen LogP contribution in [0.15, 0.2) is 0 Å². The van der Waals surface area contributed by atoms with Crippen molar-refractivity contribution in [2.24, 2.45) is 0 Å². The highest BCUT2D eigenvalue weighted by atomic mass is 32.3. The molecule has 0 aliphatic carbocycles. The number of hydrogen-bond acceptors (Lipinski definition) is 6. The molecule has 0 aromatic carbocycles. The average Bonchev–Trinajstić information content (AvgIpc) is 1.82. The van der Waals surface area contributed by atoms with Crippen LogP contribution in [0.1, 0.15) is 0 Å². The fraction of sp³-hybridized carbons (Fsp3) is 1.00. The highest BCUT2D eigenvalue weighted by Gasteiger charge is 2.20. The van der Waals surface area contributed by atoms with Gasteiger partial charge in [-0.15, -0.1) is 0 Å². The Hall–Kier alpha value is 0.500. The zero-order valence-electron chi connectivity index (χ0n) is 7.04. The van der Waals surface area contributed by atoms with Crippen LogP contribution in [0.4, 0.5) is 0 Å². The van der Waals surface area contributed by atoms with Gasteiger partial charge in [-0.1, -0.05) is 0 Å². The second kappa shape index (κ2) is 5.28. The molecule has 1 unspecified atom stereocenters. The van der Waals surface area contributed by atoms with E-state index >= 15 is 0 Å². The van der Waals surface area contributed by atoms with Crippen molar-refractivity contribution in [3.05, 3.63) is 0 Å². The Morgan fingerprint density at radius 2 is 1.92 bits per heavy atom. The molecule has 0 rings (SSSR count). The Balaban J connectivity index is 3.83. The number of hydrogen-bond donors (Lipinski definition) is 4. The summed E-state index contributed by atoms with van der Waals surface area (Å²) < 4.78 is 30.7. The van der Waals surface area contributed by atoms with Gasteiger partial charge < -0.3 is 22.7 Å². The molecule has 0 saturated carbocycles. The first-order chi connectivity index (χ1) is 5.35. The van der Waals surface area contributed by atoms with Crippen molar-refractivity contribution >= 4 is 23.8 Å². The summed E-state index contributed by atoms with van der Waals surface area (Å²) in [5, 5.41) is 0. The largest absolute Gasteiger partial charge is 0.313 e. The number of nitrogens with zero attached hydrogens (tertiary/aromatic N) is 1. The molecular formula is C5H15NO4S2. The molecule has 1 atom stereocenters. The van der Waals surface area contributed by atoms with E-state index in [0.29, 0.717) is 6.54 Å². The van der Waals surface area contributed by atoms with Crippen molar-refractivity contribution in [2.45, 2.75) is 6.10 Å². The Kier molecular flexibility index (Phi) is 5.50. The van der Waals surface area contributed by atoms with Crippen molar-refractivity contribution < 1.29 is 17.8 Å². The maximum Gasteiger partial charge on any atom is 0.0984 e. The smallest absolute Gasteiger partial charge is 0.0984 e. The third-order valence-electron chi connectivity index (χ3n) is 1.13. The van der Waals surface area contributed by atoms with Crippen molar-refractivity contribution in [2.75, 3.05) is 26.4 Å². The van der Waals surface area contributed by atoms with E-state index in [0.717, 1.165) is 0 Å². The van der Waals surface area contributed by atoms with Gasteiger partial charge >= 0.3 is 0 Å². The second-order valence-electron chi connectivity index (χ2n) is 2.79. The predicted octanol–water partition coefficient (Wildman–Crippen LogP) is 1.00. The van der Waals surface area contributed by atoms with E-state index in [1.807, 2.05) is 14.1 Å². The minimum Gasteiger partial charge on any atom is -0.313 e. The lowest BCUT2D eigenvalue weighted by atomic mass is 10.4. The minimum absolute atomic E-state index is 0.214. The SMILES string of the molecule is CN(C)CC(CS(O)(O)O)OS. The van der Waals surface area contributed by atoms with Crippen LogP contribution in [0.3, 0.4) is 0 Å². The van der Waals surface area contributed by atoms with Crippen LogP contribution in [0.5, 0.6) is 0 Å². The molecule has 0 fully saturated rings. The van der Waals surface area contributed by atoms with Crippen molar-refractivity contribution in [1.29, 1.82) is 0 Å². The van der Waals surface area contributed by atoms with Crippen LogP contribution in [-0.2, 0) is 4.18 Å². The van der Waals surface area contributed by atoms with Crippen molar-refractivity contribution in [1.82, 2.24) is 4.90 Å². The predicted molar refractivity (Wildman–Crippen MR) is 52.8 cm³/mol. The fourth-order valence-corrected chi connectivity index (χ4v) is 1.69. The van der Waals surface area contributed by atoms with Gasteiger partial charge in [0.2, 0.25) is 0 Å². The third kappa shape index (κ3) is 7.17. The first kappa shape index (κ1) is 12.5. The van der Waals surface area contributed by atoms with E-state index in [-0.39, 0.29) is 5.75 Å². The number of rotatable bonds is 5. The Labute approximate surface area is 79.5 Å². The van der Waals surface area contributed by atoms with Gasteiger partial charge in [0.25, 0.3) is 0 Å². The molecule has 0 saturated heterocycles. The molecule has 0 radical (unpaired) electrons. The molecule has 0 amide bonds. The minimum atomic E-state index is -3.48. The highest BCUT2D eigenvalue weighted by molar-refractivity contribution is 8.19. The Morgan fingerprint density at radius 3 is 2.17 bits per heavy atom. The first-order valence-electron chi connectivity index (χ1n) is 3.28. The van der Waals surface area contributed by atoms with Gasteiger partial charge in [-0.2, -0.15) is 0 Å². The molecule has 0 aromatic heterocycles. The van der Waals surface area contributed by atoms with E-state index in [2.05, 4.69) is 17.1 Å².